The van der Waals surface area contributed by atoms with Crippen molar-refractivity contribution in [1.82, 2.24) is 14.8 Å². The standard InChI is InChI=1S/C32H28ClF2N3O6/c1-18(39)25-15-37(27-12-23(9-10-24(25)27)44-17-19-5-7-20(8-6-19)32(42)43)16-29(40)38-14-22(34)11-28(38)31(41)36-13-21-3-2-4-26(33)30(21)35/h2-10,12,15,22,28H,11,13-14,16-17H2,1H3,(H,36,41)(H,42,43)/t22-,28+/m1/s1. The van der Waals surface area contributed by atoms with Crippen molar-refractivity contribution in [3.05, 3.63) is 100.0 Å². The molecule has 1 aliphatic heterocycles. The van der Waals surface area contributed by atoms with Gasteiger partial charge in [0.15, 0.2) is 5.78 Å². The van der Waals surface area contributed by atoms with E-state index in [0.717, 1.165) is 10.5 Å². The number of ether oxygens (including phenoxy) is 1. The number of amides is 2. The average Bonchev–Trinajstić information content (AvgIpc) is 3.57. The number of fused-ring (bicyclic) bond motifs is 1. The summed E-state index contributed by atoms with van der Waals surface area (Å²) >= 11 is 5.81. The number of hydrogen-bond acceptors (Lipinski definition) is 5. The van der Waals surface area contributed by atoms with Gasteiger partial charge in [-0.3, -0.25) is 14.4 Å². The van der Waals surface area contributed by atoms with E-state index in [1.54, 1.807) is 47.2 Å². The molecule has 2 heterocycles. The van der Waals surface area contributed by atoms with Crippen LogP contribution < -0.4 is 10.1 Å². The average molecular weight is 624 g/mol. The summed E-state index contributed by atoms with van der Waals surface area (Å²) < 4.78 is 36.2. The Kier molecular flexibility index (Phi) is 8.96. The number of nitrogens with zero attached hydrogens (tertiary/aromatic N) is 2. The van der Waals surface area contributed by atoms with Crippen molar-refractivity contribution in [3.8, 4) is 5.75 Å². The highest BCUT2D eigenvalue weighted by molar-refractivity contribution is 6.30. The molecule has 12 heteroatoms. The molecule has 1 aliphatic rings. The summed E-state index contributed by atoms with van der Waals surface area (Å²) in [7, 11) is 0. The smallest absolute Gasteiger partial charge is 0.335 e. The Bertz CT molecular complexity index is 1760. The first-order valence-electron chi connectivity index (χ1n) is 13.7. The Morgan fingerprint density at radius 1 is 1.09 bits per heavy atom. The molecule has 9 nitrogen and oxygen atoms in total. The third kappa shape index (κ3) is 6.57. The van der Waals surface area contributed by atoms with Crippen LogP contribution in [0.4, 0.5) is 8.78 Å². The Labute approximate surface area is 256 Å². The van der Waals surface area contributed by atoms with E-state index in [1.165, 1.54) is 31.2 Å². The lowest BCUT2D eigenvalue weighted by atomic mass is 10.1. The zero-order valence-corrected chi connectivity index (χ0v) is 24.3. The van der Waals surface area contributed by atoms with Gasteiger partial charge in [-0.15, -0.1) is 0 Å². The molecule has 2 atom stereocenters. The van der Waals surface area contributed by atoms with Gasteiger partial charge in [-0.1, -0.05) is 35.9 Å². The zero-order chi connectivity index (χ0) is 31.5. The van der Waals surface area contributed by atoms with Gasteiger partial charge >= 0.3 is 5.97 Å². The highest BCUT2D eigenvalue weighted by Crippen LogP contribution is 2.28. The van der Waals surface area contributed by atoms with Crippen LogP contribution in [0.5, 0.6) is 5.75 Å². The van der Waals surface area contributed by atoms with Crippen molar-refractivity contribution in [2.75, 3.05) is 6.54 Å². The topological polar surface area (TPSA) is 118 Å². The minimum atomic E-state index is -1.42. The highest BCUT2D eigenvalue weighted by atomic mass is 35.5. The number of rotatable bonds is 10. The maximum absolute atomic E-state index is 14.5. The molecule has 0 bridgehead atoms. The molecule has 1 fully saturated rings. The molecule has 44 heavy (non-hydrogen) atoms. The molecular weight excluding hydrogens is 596 g/mol. The quantitative estimate of drug-likeness (QED) is 0.235. The summed E-state index contributed by atoms with van der Waals surface area (Å²) in [5.41, 5.74) is 1.95. The Balaban J connectivity index is 1.32. The summed E-state index contributed by atoms with van der Waals surface area (Å²) in [6.07, 6.45) is -0.0813. The molecule has 0 spiro atoms. The van der Waals surface area contributed by atoms with Gasteiger partial charge in [-0.05, 0) is 42.8 Å². The first kappa shape index (κ1) is 30.7. The number of benzene rings is 3. The number of aromatic nitrogens is 1. The number of carbonyl (C=O) groups excluding carboxylic acids is 3. The zero-order valence-electron chi connectivity index (χ0n) is 23.6. The largest absolute Gasteiger partial charge is 0.489 e. The SMILES string of the molecule is CC(=O)c1cn(CC(=O)N2C[C@H](F)C[C@H]2C(=O)NCc2cccc(Cl)c2F)c2cc(OCc3ccc(C(=O)O)cc3)ccc12. The third-order valence-corrected chi connectivity index (χ3v) is 7.79. The second-order valence-electron chi connectivity index (χ2n) is 10.5. The number of carboxylic acid groups (broad SMARTS) is 1. The van der Waals surface area contributed by atoms with Gasteiger partial charge in [0.2, 0.25) is 11.8 Å². The molecule has 228 valence electrons. The number of ketones is 1. The fourth-order valence-corrected chi connectivity index (χ4v) is 5.41. The van der Waals surface area contributed by atoms with Crippen molar-refractivity contribution in [1.29, 1.82) is 0 Å². The Morgan fingerprint density at radius 3 is 2.55 bits per heavy atom. The van der Waals surface area contributed by atoms with Gasteiger partial charge in [0.25, 0.3) is 0 Å². The van der Waals surface area contributed by atoms with E-state index in [4.69, 9.17) is 21.4 Å². The van der Waals surface area contributed by atoms with E-state index in [0.29, 0.717) is 22.2 Å². The molecule has 1 saturated heterocycles. The van der Waals surface area contributed by atoms with Crippen LogP contribution in [0.15, 0.2) is 66.9 Å². The highest BCUT2D eigenvalue weighted by Gasteiger charge is 2.39. The number of alkyl halides is 1. The summed E-state index contributed by atoms with van der Waals surface area (Å²) in [5.74, 6) is -2.63. The second kappa shape index (κ2) is 12.8. The Hall–Kier alpha value is -4.77. The van der Waals surface area contributed by atoms with Crippen molar-refractivity contribution >= 4 is 46.1 Å². The lowest BCUT2D eigenvalue weighted by molar-refractivity contribution is -0.139. The minimum absolute atomic E-state index is 0.0925. The maximum Gasteiger partial charge on any atom is 0.335 e. The van der Waals surface area contributed by atoms with Crippen LogP contribution in [0.25, 0.3) is 10.9 Å². The predicted octanol–water partition coefficient (Wildman–Crippen LogP) is 5.17. The minimum Gasteiger partial charge on any atom is -0.489 e. The van der Waals surface area contributed by atoms with Crippen LogP contribution in [0, 0.1) is 5.82 Å². The van der Waals surface area contributed by atoms with Crippen molar-refractivity contribution in [2.24, 2.45) is 0 Å². The molecule has 3 aromatic carbocycles. The fourth-order valence-electron chi connectivity index (χ4n) is 5.21. The van der Waals surface area contributed by atoms with Gasteiger partial charge in [-0.2, -0.15) is 0 Å². The fraction of sp³-hybridized carbons (Fsp3) is 0.250. The van der Waals surface area contributed by atoms with Gasteiger partial charge in [0.1, 0.15) is 36.9 Å². The lowest BCUT2D eigenvalue weighted by Gasteiger charge is -2.24. The number of aromatic carboxylic acids is 1. The number of halogens is 3. The molecular formula is C32H28ClF2N3O6. The van der Waals surface area contributed by atoms with Crippen LogP contribution in [0.3, 0.4) is 0 Å². The number of carbonyl (C=O) groups is 4. The number of Topliss-reactive ketones (excluding diaryl/α,β-unsaturated/α-hetero) is 1. The van der Waals surface area contributed by atoms with Crippen molar-refractivity contribution in [2.45, 2.75) is 45.3 Å². The molecule has 0 radical (unpaired) electrons. The van der Waals surface area contributed by atoms with E-state index in [1.807, 2.05) is 0 Å². The van der Waals surface area contributed by atoms with E-state index in [2.05, 4.69) is 5.32 Å². The summed E-state index contributed by atoms with van der Waals surface area (Å²) in [6.45, 7) is 0.812. The van der Waals surface area contributed by atoms with Gasteiger partial charge < -0.3 is 24.6 Å². The molecule has 5 rings (SSSR count). The number of nitrogens with one attached hydrogen (secondary N) is 1. The normalized spacial score (nSPS) is 16.2. The molecule has 0 saturated carbocycles. The summed E-state index contributed by atoms with van der Waals surface area (Å²) in [4.78, 5) is 51.1. The van der Waals surface area contributed by atoms with Crippen molar-refractivity contribution in [3.63, 3.8) is 0 Å². The van der Waals surface area contributed by atoms with E-state index in [-0.39, 0.29) is 54.6 Å². The first-order chi connectivity index (χ1) is 21.0. The number of hydrogen-bond donors (Lipinski definition) is 2. The molecule has 1 aromatic heterocycles. The van der Waals surface area contributed by atoms with E-state index >= 15 is 0 Å². The third-order valence-electron chi connectivity index (χ3n) is 7.50. The van der Waals surface area contributed by atoms with Crippen molar-refractivity contribution < 1.29 is 37.8 Å². The van der Waals surface area contributed by atoms with Crippen LogP contribution in [0.1, 0.15) is 45.2 Å². The summed E-state index contributed by atoms with van der Waals surface area (Å²) in [5, 5.41) is 12.2. The maximum atomic E-state index is 14.5. The van der Waals surface area contributed by atoms with Crippen LogP contribution >= 0.6 is 11.6 Å². The molecule has 2 amide bonds. The van der Waals surface area contributed by atoms with Crippen LogP contribution in [-0.4, -0.2) is 56.9 Å². The van der Waals surface area contributed by atoms with Gasteiger partial charge in [0.05, 0.1) is 22.6 Å². The van der Waals surface area contributed by atoms with Crippen LogP contribution in [0.2, 0.25) is 5.02 Å². The molecule has 0 aliphatic carbocycles. The first-order valence-corrected chi connectivity index (χ1v) is 14.1. The predicted molar refractivity (Wildman–Crippen MR) is 158 cm³/mol. The summed E-state index contributed by atoms with van der Waals surface area (Å²) in [6, 6.07) is 14.6. The van der Waals surface area contributed by atoms with Gasteiger partial charge in [0, 0.05) is 41.7 Å². The molecule has 0 unspecified atom stereocenters. The Morgan fingerprint density at radius 2 is 1.84 bits per heavy atom. The lowest BCUT2D eigenvalue weighted by Crippen LogP contribution is -2.46. The number of carboxylic acids is 1. The number of likely N-dealkylation sites (tertiary alicyclic amines) is 1. The van der Waals surface area contributed by atoms with E-state index < -0.39 is 35.8 Å². The molecule has 4 aromatic rings. The van der Waals surface area contributed by atoms with E-state index in [9.17, 15) is 28.0 Å². The van der Waals surface area contributed by atoms with Gasteiger partial charge in [-0.25, -0.2) is 13.6 Å². The molecule has 2 N–H and O–H groups in total. The second-order valence-corrected chi connectivity index (χ2v) is 10.9. The van der Waals surface area contributed by atoms with Crippen LogP contribution in [-0.2, 0) is 29.3 Å². The monoisotopic (exact) mass is 623 g/mol.